The van der Waals surface area contributed by atoms with E-state index in [1.54, 1.807) is 7.11 Å². The van der Waals surface area contributed by atoms with Crippen LogP contribution in [0.4, 0.5) is 0 Å². The van der Waals surface area contributed by atoms with E-state index < -0.39 is 0 Å². The van der Waals surface area contributed by atoms with Crippen LogP contribution in [0.2, 0.25) is 0 Å². The average Bonchev–Trinajstić information content (AvgIpc) is 2.61. The SMILES string of the molecule is COCC1CCC2(C)OC2C1. The summed E-state index contributed by atoms with van der Waals surface area (Å²) in [4.78, 5) is 0. The first-order valence-corrected chi connectivity index (χ1v) is 4.41. The molecule has 1 saturated carbocycles. The second-order valence-electron chi connectivity index (χ2n) is 4.01. The summed E-state index contributed by atoms with van der Waals surface area (Å²) in [5, 5.41) is 0. The molecule has 2 fully saturated rings. The van der Waals surface area contributed by atoms with Crippen LogP contribution in [-0.4, -0.2) is 25.4 Å². The summed E-state index contributed by atoms with van der Waals surface area (Å²) in [7, 11) is 1.78. The Morgan fingerprint density at radius 3 is 3.09 bits per heavy atom. The van der Waals surface area contributed by atoms with Gasteiger partial charge in [0.05, 0.1) is 11.7 Å². The highest BCUT2D eigenvalue weighted by Crippen LogP contribution is 2.49. The van der Waals surface area contributed by atoms with E-state index in [-0.39, 0.29) is 5.60 Å². The zero-order valence-corrected chi connectivity index (χ0v) is 7.30. The van der Waals surface area contributed by atoms with Gasteiger partial charge in [0, 0.05) is 13.7 Å². The van der Waals surface area contributed by atoms with Crippen molar-refractivity contribution in [1.82, 2.24) is 0 Å². The van der Waals surface area contributed by atoms with Gasteiger partial charge in [-0.1, -0.05) is 0 Å². The second kappa shape index (κ2) is 2.46. The predicted molar refractivity (Wildman–Crippen MR) is 42.5 cm³/mol. The molecule has 0 radical (unpaired) electrons. The first-order chi connectivity index (χ1) is 5.24. The fourth-order valence-corrected chi connectivity index (χ4v) is 2.11. The predicted octanol–water partition coefficient (Wildman–Crippen LogP) is 1.59. The fourth-order valence-electron chi connectivity index (χ4n) is 2.11. The van der Waals surface area contributed by atoms with E-state index in [1.165, 1.54) is 19.3 Å². The van der Waals surface area contributed by atoms with Crippen molar-refractivity contribution in [3.05, 3.63) is 0 Å². The van der Waals surface area contributed by atoms with Gasteiger partial charge >= 0.3 is 0 Å². The Labute approximate surface area is 67.9 Å². The van der Waals surface area contributed by atoms with Crippen LogP contribution in [0, 0.1) is 5.92 Å². The molecule has 1 heterocycles. The lowest BCUT2D eigenvalue weighted by Crippen LogP contribution is -2.23. The van der Waals surface area contributed by atoms with Gasteiger partial charge in [-0.25, -0.2) is 0 Å². The number of ether oxygens (including phenoxy) is 2. The Hall–Kier alpha value is -0.0800. The molecule has 2 nitrogen and oxygen atoms in total. The highest BCUT2D eigenvalue weighted by molar-refractivity contribution is 5.03. The summed E-state index contributed by atoms with van der Waals surface area (Å²) < 4.78 is 10.7. The van der Waals surface area contributed by atoms with Gasteiger partial charge < -0.3 is 9.47 Å². The molecule has 3 atom stereocenters. The molecule has 1 saturated heterocycles. The average molecular weight is 156 g/mol. The van der Waals surface area contributed by atoms with Crippen LogP contribution in [0.1, 0.15) is 26.2 Å². The van der Waals surface area contributed by atoms with Gasteiger partial charge in [0.15, 0.2) is 0 Å². The van der Waals surface area contributed by atoms with Crippen LogP contribution in [0.15, 0.2) is 0 Å². The molecule has 2 rings (SSSR count). The molecule has 2 heteroatoms. The summed E-state index contributed by atoms with van der Waals surface area (Å²) in [6.45, 7) is 3.14. The van der Waals surface area contributed by atoms with Gasteiger partial charge in [-0.05, 0) is 32.1 Å². The van der Waals surface area contributed by atoms with Crippen molar-refractivity contribution in [3.8, 4) is 0 Å². The Bertz CT molecular complexity index is 158. The van der Waals surface area contributed by atoms with Crippen LogP contribution in [0.25, 0.3) is 0 Å². The fraction of sp³-hybridized carbons (Fsp3) is 1.00. The Kier molecular flexibility index (Phi) is 1.69. The minimum absolute atomic E-state index is 0.268. The summed E-state index contributed by atoms with van der Waals surface area (Å²) in [6, 6.07) is 0. The van der Waals surface area contributed by atoms with E-state index in [4.69, 9.17) is 9.47 Å². The third kappa shape index (κ3) is 1.30. The lowest BCUT2D eigenvalue weighted by molar-refractivity contribution is 0.132. The highest BCUT2D eigenvalue weighted by atomic mass is 16.6. The number of hydrogen-bond donors (Lipinski definition) is 0. The van der Waals surface area contributed by atoms with Crippen molar-refractivity contribution in [2.75, 3.05) is 13.7 Å². The van der Waals surface area contributed by atoms with Crippen molar-refractivity contribution in [3.63, 3.8) is 0 Å². The molecule has 0 amide bonds. The van der Waals surface area contributed by atoms with E-state index in [1.807, 2.05) is 0 Å². The molecular weight excluding hydrogens is 140 g/mol. The highest BCUT2D eigenvalue weighted by Gasteiger charge is 2.54. The van der Waals surface area contributed by atoms with E-state index >= 15 is 0 Å². The van der Waals surface area contributed by atoms with Crippen LogP contribution < -0.4 is 0 Å². The van der Waals surface area contributed by atoms with Crippen molar-refractivity contribution in [2.45, 2.75) is 37.9 Å². The molecule has 0 aromatic carbocycles. The van der Waals surface area contributed by atoms with Crippen molar-refractivity contribution < 1.29 is 9.47 Å². The quantitative estimate of drug-likeness (QED) is 0.566. The smallest absolute Gasteiger partial charge is 0.0920 e. The largest absolute Gasteiger partial charge is 0.384 e. The van der Waals surface area contributed by atoms with E-state index in [0.29, 0.717) is 6.10 Å². The first-order valence-electron chi connectivity index (χ1n) is 4.41. The van der Waals surface area contributed by atoms with E-state index in [9.17, 15) is 0 Å². The topological polar surface area (TPSA) is 21.8 Å². The molecule has 3 unspecified atom stereocenters. The van der Waals surface area contributed by atoms with Crippen molar-refractivity contribution in [2.24, 2.45) is 5.92 Å². The van der Waals surface area contributed by atoms with Gasteiger partial charge in [-0.15, -0.1) is 0 Å². The van der Waals surface area contributed by atoms with Crippen LogP contribution in [0.3, 0.4) is 0 Å². The third-order valence-corrected chi connectivity index (χ3v) is 3.03. The van der Waals surface area contributed by atoms with Crippen LogP contribution in [-0.2, 0) is 9.47 Å². The minimum atomic E-state index is 0.268. The van der Waals surface area contributed by atoms with Gasteiger partial charge in [-0.3, -0.25) is 0 Å². The molecular formula is C9H16O2. The summed E-state index contributed by atoms with van der Waals surface area (Å²) in [5.41, 5.74) is 0.268. The standard InChI is InChI=1S/C9H16O2/c1-9-4-3-7(6-10-2)5-8(9)11-9/h7-8H,3-6H2,1-2H3. The maximum atomic E-state index is 5.59. The molecule has 1 aliphatic carbocycles. The lowest BCUT2D eigenvalue weighted by Gasteiger charge is -2.21. The summed E-state index contributed by atoms with van der Waals surface area (Å²) in [6.07, 6.45) is 4.27. The summed E-state index contributed by atoms with van der Waals surface area (Å²) in [5.74, 6) is 0.751. The summed E-state index contributed by atoms with van der Waals surface area (Å²) >= 11 is 0. The molecule has 0 aromatic heterocycles. The molecule has 0 aromatic rings. The number of hydrogen-bond acceptors (Lipinski definition) is 2. The Morgan fingerprint density at radius 2 is 2.45 bits per heavy atom. The van der Waals surface area contributed by atoms with Crippen molar-refractivity contribution >= 4 is 0 Å². The van der Waals surface area contributed by atoms with Crippen molar-refractivity contribution in [1.29, 1.82) is 0 Å². The van der Waals surface area contributed by atoms with Crippen LogP contribution >= 0.6 is 0 Å². The molecule has 2 aliphatic rings. The second-order valence-corrected chi connectivity index (χ2v) is 4.01. The molecule has 64 valence electrons. The third-order valence-electron chi connectivity index (χ3n) is 3.03. The first kappa shape index (κ1) is 7.56. The molecule has 0 bridgehead atoms. The zero-order valence-electron chi connectivity index (χ0n) is 7.30. The zero-order chi connectivity index (χ0) is 7.90. The molecule has 1 aliphatic heterocycles. The van der Waals surface area contributed by atoms with E-state index in [2.05, 4.69) is 6.92 Å². The van der Waals surface area contributed by atoms with Gasteiger partial charge in [0.1, 0.15) is 0 Å². The van der Waals surface area contributed by atoms with Gasteiger partial charge in [0.25, 0.3) is 0 Å². The van der Waals surface area contributed by atoms with E-state index in [0.717, 1.165) is 12.5 Å². The Balaban J connectivity index is 1.83. The number of rotatable bonds is 2. The maximum absolute atomic E-state index is 5.59. The number of fused-ring (bicyclic) bond motifs is 1. The normalized spacial score (nSPS) is 48.5. The Morgan fingerprint density at radius 1 is 1.64 bits per heavy atom. The molecule has 0 spiro atoms. The monoisotopic (exact) mass is 156 g/mol. The number of methoxy groups -OCH3 is 1. The maximum Gasteiger partial charge on any atom is 0.0920 e. The van der Waals surface area contributed by atoms with Gasteiger partial charge in [0.2, 0.25) is 0 Å². The van der Waals surface area contributed by atoms with Crippen LogP contribution in [0.5, 0.6) is 0 Å². The number of epoxide rings is 1. The lowest BCUT2D eigenvalue weighted by atomic mass is 9.83. The van der Waals surface area contributed by atoms with Gasteiger partial charge in [-0.2, -0.15) is 0 Å². The molecule has 0 N–H and O–H groups in total. The molecule has 11 heavy (non-hydrogen) atoms. The minimum Gasteiger partial charge on any atom is -0.384 e.